The van der Waals surface area contributed by atoms with Gasteiger partial charge in [0.2, 0.25) is 0 Å². The van der Waals surface area contributed by atoms with Crippen LogP contribution >= 0.6 is 0 Å². The van der Waals surface area contributed by atoms with Crippen LogP contribution in [0.4, 0.5) is 0 Å². The van der Waals surface area contributed by atoms with Crippen molar-refractivity contribution >= 4 is 12.3 Å². The maximum atomic E-state index is 12.2. The molecule has 15 heavy (non-hydrogen) atoms. The van der Waals surface area contributed by atoms with E-state index in [4.69, 9.17) is 4.74 Å². The number of carbonyl (C=O) groups is 1. The van der Waals surface area contributed by atoms with E-state index in [0.717, 1.165) is 0 Å². The molecule has 3 nitrogen and oxygen atoms in total. The van der Waals surface area contributed by atoms with Crippen LogP contribution in [0, 0.1) is 11.3 Å². The van der Waals surface area contributed by atoms with Gasteiger partial charge in [-0.1, -0.05) is 20.8 Å². The predicted molar refractivity (Wildman–Crippen MR) is 60.0 cm³/mol. The van der Waals surface area contributed by atoms with Crippen LogP contribution in [-0.2, 0) is 9.53 Å². The van der Waals surface area contributed by atoms with Gasteiger partial charge in [0.1, 0.15) is 12.5 Å². The van der Waals surface area contributed by atoms with Crippen molar-refractivity contribution in [1.29, 1.82) is 0 Å². The van der Waals surface area contributed by atoms with Gasteiger partial charge in [-0.25, -0.2) is 4.79 Å². The number of carbonyl (C=O) groups excluding carboxylic acids is 1. The van der Waals surface area contributed by atoms with E-state index in [1.807, 2.05) is 20.8 Å². The lowest BCUT2D eigenvalue weighted by Crippen LogP contribution is -2.49. The largest absolute Gasteiger partial charge is 0.449 e. The highest BCUT2D eigenvalue weighted by molar-refractivity contribution is 5.76. The molecule has 0 N–H and O–H groups in total. The van der Waals surface area contributed by atoms with E-state index in [1.165, 1.54) is 0 Å². The molecule has 86 valence electrons. The van der Waals surface area contributed by atoms with E-state index in [9.17, 15) is 4.79 Å². The Labute approximate surface area is 92.1 Å². The van der Waals surface area contributed by atoms with Crippen molar-refractivity contribution in [3.63, 3.8) is 0 Å². The van der Waals surface area contributed by atoms with Crippen molar-refractivity contribution in [3.8, 4) is 0 Å². The smallest absolute Gasteiger partial charge is 0.396 e. The summed E-state index contributed by atoms with van der Waals surface area (Å²) in [7, 11) is 0. The molecule has 1 amide bonds. The first-order valence-corrected chi connectivity index (χ1v) is 5.42. The molecule has 0 aromatic carbocycles. The van der Waals surface area contributed by atoms with Crippen LogP contribution in [-0.4, -0.2) is 29.0 Å². The molecule has 1 aliphatic heterocycles. The van der Waals surface area contributed by atoms with Crippen molar-refractivity contribution in [2.24, 2.45) is 11.3 Å². The van der Waals surface area contributed by atoms with Crippen LogP contribution in [0.2, 0.25) is 0 Å². The molecule has 1 atom stereocenters. The number of hydrogen-bond donors (Lipinski definition) is 0. The van der Waals surface area contributed by atoms with Crippen LogP contribution < -0.4 is 0 Å². The van der Waals surface area contributed by atoms with Crippen molar-refractivity contribution in [2.75, 3.05) is 6.61 Å². The molecule has 0 saturated heterocycles. The van der Waals surface area contributed by atoms with Gasteiger partial charge >= 0.3 is 12.3 Å². The third kappa shape index (κ3) is 2.58. The summed E-state index contributed by atoms with van der Waals surface area (Å²) in [5, 5.41) is 0. The Morgan fingerprint density at radius 1 is 1.27 bits per heavy atom. The molecule has 3 heteroatoms. The molecule has 0 radical (unpaired) electrons. The van der Waals surface area contributed by atoms with E-state index < -0.39 is 0 Å². The number of rotatable bonds is 0. The minimum atomic E-state index is -0.207. The van der Waals surface area contributed by atoms with Crippen LogP contribution in [0.25, 0.3) is 0 Å². The van der Waals surface area contributed by atoms with Crippen LogP contribution in [0.5, 0.6) is 0 Å². The van der Waals surface area contributed by atoms with Gasteiger partial charge in [-0.3, -0.25) is 0 Å². The summed E-state index contributed by atoms with van der Waals surface area (Å²) in [5.41, 5.74) is -0.254. The highest BCUT2D eigenvalue weighted by Crippen LogP contribution is 2.30. The molecular formula is C12H22NO2+. The monoisotopic (exact) mass is 212 g/mol. The first kappa shape index (κ1) is 12.2. The molecule has 0 fully saturated rings. The maximum absolute atomic E-state index is 12.2. The van der Waals surface area contributed by atoms with Crippen LogP contribution in [0.3, 0.4) is 0 Å². The third-order valence-electron chi connectivity index (χ3n) is 2.75. The van der Waals surface area contributed by atoms with Crippen LogP contribution in [0.1, 0.15) is 41.5 Å². The fourth-order valence-corrected chi connectivity index (χ4v) is 1.61. The van der Waals surface area contributed by atoms with Gasteiger partial charge in [-0.15, -0.1) is 4.58 Å². The molecule has 0 bridgehead atoms. The number of ether oxygens (including phenoxy) is 1. The molecule has 0 aliphatic carbocycles. The lowest BCUT2D eigenvalue weighted by Gasteiger charge is -2.30. The second-order valence-electron chi connectivity index (χ2n) is 6.24. The minimum Gasteiger partial charge on any atom is -0.449 e. The van der Waals surface area contributed by atoms with Crippen molar-refractivity contribution in [2.45, 2.75) is 47.1 Å². The first-order chi connectivity index (χ1) is 6.64. The average molecular weight is 212 g/mol. The summed E-state index contributed by atoms with van der Waals surface area (Å²) in [5.74, 6) is 0.114. The van der Waals surface area contributed by atoms with Gasteiger partial charge in [0.25, 0.3) is 0 Å². The fourth-order valence-electron chi connectivity index (χ4n) is 1.61. The zero-order valence-corrected chi connectivity index (χ0v) is 10.6. The summed E-state index contributed by atoms with van der Waals surface area (Å²) in [6.45, 7) is 12.7. The topological polar surface area (TPSA) is 29.3 Å². The second kappa shape index (κ2) is 3.62. The molecule has 1 rings (SSSR count). The lowest BCUT2D eigenvalue weighted by molar-refractivity contribution is -0.533. The Balaban J connectivity index is 2.98. The van der Waals surface area contributed by atoms with E-state index in [-0.39, 0.29) is 22.8 Å². The molecular weight excluding hydrogens is 190 g/mol. The zero-order valence-electron chi connectivity index (χ0n) is 10.6. The summed E-state index contributed by atoms with van der Waals surface area (Å²) < 4.78 is 7.10. The Hall–Kier alpha value is -0.860. The minimum absolute atomic E-state index is 0.0468. The Kier molecular flexibility index (Phi) is 2.94. The SMILES string of the molecule is CC(C)(C)C1COC=[N+](C(C)(C)C)C1=O. The standard InChI is InChI=1S/C12H22NO2/c1-11(2,3)9-7-15-8-13(10(9)14)12(4,5)6/h8-9H,7H2,1-6H3/q+1. The molecule has 1 heterocycles. The number of nitrogens with zero attached hydrogens (tertiary/aromatic N) is 1. The first-order valence-electron chi connectivity index (χ1n) is 5.42. The molecule has 1 aliphatic rings. The van der Waals surface area contributed by atoms with Crippen molar-refractivity contribution < 1.29 is 14.1 Å². The van der Waals surface area contributed by atoms with Crippen molar-refractivity contribution in [1.82, 2.24) is 0 Å². The van der Waals surface area contributed by atoms with E-state index >= 15 is 0 Å². The number of amides is 1. The highest BCUT2D eigenvalue weighted by Gasteiger charge is 2.45. The maximum Gasteiger partial charge on any atom is 0.396 e. The summed E-state index contributed by atoms with van der Waals surface area (Å²) in [4.78, 5) is 12.2. The quantitative estimate of drug-likeness (QED) is 0.575. The second-order valence-corrected chi connectivity index (χ2v) is 6.24. The lowest BCUT2D eigenvalue weighted by atomic mass is 9.79. The third-order valence-corrected chi connectivity index (χ3v) is 2.75. The van der Waals surface area contributed by atoms with E-state index in [1.54, 1.807) is 11.0 Å². The van der Waals surface area contributed by atoms with E-state index in [2.05, 4.69) is 20.8 Å². The van der Waals surface area contributed by atoms with Crippen molar-refractivity contribution in [3.05, 3.63) is 0 Å². The summed E-state index contributed by atoms with van der Waals surface area (Å²) >= 11 is 0. The van der Waals surface area contributed by atoms with Gasteiger partial charge in [0.15, 0.2) is 5.54 Å². The Morgan fingerprint density at radius 3 is 2.20 bits per heavy atom. The Bertz CT molecular complexity index is 292. The summed E-state index contributed by atoms with van der Waals surface area (Å²) in [6, 6.07) is 0. The van der Waals surface area contributed by atoms with Gasteiger partial charge in [0, 0.05) is 20.8 Å². The zero-order chi connectivity index (χ0) is 11.9. The normalized spacial score (nSPS) is 23.5. The molecule has 0 aromatic rings. The van der Waals surface area contributed by atoms with Gasteiger partial charge in [0.05, 0.1) is 0 Å². The molecule has 0 spiro atoms. The van der Waals surface area contributed by atoms with Gasteiger partial charge in [-0.05, 0) is 5.41 Å². The Morgan fingerprint density at radius 2 is 1.80 bits per heavy atom. The van der Waals surface area contributed by atoms with Gasteiger partial charge in [-0.2, -0.15) is 0 Å². The summed E-state index contributed by atoms with van der Waals surface area (Å²) in [6.07, 6.45) is 1.56. The molecule has 0 aromatic heterocycles. The average Bonchev–Trinajstić information content (AvgIpc) is 1.99. The predicted octanol–water partition coefficient (Wildman–Crippen LogP) is 2.04. The molecule has 0 saturated carbocycles. The van der Waals surface area contributed by atoms with Gasteiger partial charge < -0.3 is 4.74 Å². The van der Waals surface area contributed by atoms with Crippen LogP contribution in [0.15, 0.2) is 0 Å². The fraction of sp³-hybridized carbons (Fsp3) is 0.833. The number of hydrogen-bond acceptors (Lipinski definition) is 2. The van der Waals surface area contributed by atoms with E-state index in [0.29, 0.717) is 6.61 Å². The highest BCUT2D eigenvalue weighted by atomic mass is 16.5. The molecule has 1 unspecified atom stereocenters.